The predicted octanol–water partition coefficient (Wildman–Crippen LogP) is 4.23. The van der Waals surface area contributed by atoms with Gasteiger partial charge in [-0.1, -0.05) is 48.8 Å². The molecule has 3 heteroatoms. The number of hydrogen-bond donors (Lipinski definition) is 0. The first-order valence-corrected chi connectivity index (χ1v) is 8.60. The minimum Gasteiger partial charge on any atom is -0.376 e. The van der Waals surface area contributed by atoms with Gasteiger partial charge in [-0.2, -0.15) is 0 Å². The molecule has 1 heterocycles. The van der Waals surface area contributed by atoms with E-state index in [0.717, 1.165) is 19.3 Å². The molecular formula is C17H25BrO2. The van der Waals surface area contributed by atoms with Crippen LogP contribution in [0.5, 0.6) is 0 Å². The van der Waals surface area contributed by atoms with E-state index in [4.69, 9.17) is 9.47 Å². The van der Waals surface area contributed by atoms with Crippen LogP contribution in [0.3, 0.4) is 0 Å². The average molecular weight is 341 g/mol. The first-order chi connectivity index (χ1) is 9.71. The number of rotatable bonds is 5. The van der Waals surface area contributed by atoms with E-state index in [1.165, 1.54) is 22.3 Å². The zero-order valence-electron chi connectivity index (χ0n) is 12.7. The van der Waals surface area contributed by atoms with Gasteiger partial charge in [-0.25, -0.2) is 0 Å². The normalized spacial score (nSPS) is 20.9. The number of hydrogen-bond acceptors (Lipinski definition) is 2. The summed E-state index contributed by atoms with van der Waals surface area (Å²) in [5, 5.41) is 0. The molecule has 112 valence electrons. The molecule has 0 saturated carbocycles. The molecule has 0 aliphatic carbocycles. The molecule has 0 aromatic heterocycles. The highest BCUT2D eigenvalue weighted by Gasteiger charge is 2.27. The molecule has 0 radical (unpaired) electrons. The Morgan fingerprint density at radius 2 is 1.75 bits per heavy atom. The Hall–Kier alpha value is -0.380. The van der Waals surface area contributed by atoms with E-state index in [1.807, 2.05) is 0 Å². The zero-order chi connectivity index (χ0) is 14.5. The molecule has 2 rings (SSSR count). The van der Waals surface area contributed by atoms with Gasteiger partial charge in [-0.05, 0) is 41.5 Å². The summed E-state index contributed by atoms with van der Waals surface area (Å²) < 4.78 is 11.4. The first-order valence-electron chi connectivity index (χ1n) is 7.69. The Morgan fingerprint density at radius 3 is 2.20 bits per heavy atom. The largest absolute Gasteiger partial charge is 0.376 e. The van der Waals surface area contributed by atoms with Crippen molar-refractivity contribution in [1.82, 2.24) is 0 Å². The van der Waals surface area contributed by atoms with Crippen molar-refractivity contribution in [3.8, 4) is 0 Å². The number of halogens is 1. The maximum absolute atomic E-state index is 5.88. The molecule has 2 nitrogen and oxygen atoms in total. The van der Waals surface area contributed by atoms with E-state index in [2.05, 4.69) is 48.8 Å². The lowest BCUT2D eigenvalue weighted by Gasteiger charge is -2.30. The fraction of sp³-hybridized carbons (Fsp3) is 0.647. The lowest BCUT2D eigenvalue weighted by Crippen LogP contribution is -2.32. The van der Waals surface area contributed by atoms with Crippen LogP contribution in [-0.4, -0.2) is 25.9 Å². The van der Waals surface area contributed by atoms with Gasteiger partial charge in [0.2, 0.25) is 0 Å². The van der Waals surface area contributed by atoms with Crippen LogP contribution in [0.1, 0.15) is 47.9 Å². The lowest BCUT2D eigenvalue weighted by atomic mass is 9.90. The third-order valence-electron chi connectivity index (χ3n) is 4.03. The summed E-state index contributed by atoms with van der Waals surface area (Å²) >= 11 is 3.87. The molecule has 1 aliphatic heterocycles. The lowest BCUT2D eigenvalue weighted by molar-refractivity contribution is -0.0877. The van der Waals surface area contributed by atoms with E-state index in [9.17, 15) is 0 Å². The van der Waals surface area contributed by atoms with E-state index in [-0.39, 0.29) is 10.9 Å². The van der Waals surface area contributed by atoms with Crippen molar-refractivity contribution < 1.29 is 9.47 Å². The van der Waals surface area contributed by atoms with Gasteiger partial charge >= 0.3 is 0 Å². The fourth-order valence-electron chi connectivity index (χ4n) is 2.86. The minimum atomic E-state index is 0.117. The molecule has 1 aliphatic rings. The maximum Gasteiger partial charge on any atom is 0.0975 e. The number of aryl methyl sites for hydroxylation is 3. The van der Waals surface area contributed by atoms with Crippen LogP contribution in [0, 0.1) is 0 Å². The monoisotopic (exact) mass is 340 g/mol. The van der Waals surface area contributed by atoms with Gasteiger partial charge in [-0.15, -0.1) is 0 Å². The van der Waals surface area contributed by atoms with Crippen molar-refractivity contribution in [1.29, 1.82) is 0 Å². The molecule has 0 N–H and O–H groups in total. The van der Waals surface area contributed by atoms with Gasteiger partial charge in [0.1, 0.15) is 0 Å². The van der Waals surface area contributed by atoms with E-state index < -0.39 is 0 Å². The Balaban J connectivity index is 2.36. The molecule has 0 amide bonds. The van der Waals surface area contributed by atoms with Crippen LogP contribution in [0.4, 0.5) is 0 Å². The zero-order valence-corrected chi connectivity index (χ0v) is 14.3. The van der Waals surface area contributed by atoms with E-state index in [1.54, 1.807) is 0 Å². The summed E-state index contributed by atoms with van der Waals surface area (Å²) in [6.45, 7) is 8.77. The molecule has 2 atom stereocenters. The Labute approximate surface area is 131 Å². The Kier molecular flexibility index (Phi) is 6.06. The molecule has 20 heavy (non-hydrogen) atoms. The second kappa shape index (κ2) is 7.58. The summed E-state index contributed by atoms with van der Waals surface area (Å²) in [5.74, 6) is 0. The van der Waals surface area contributed by atoms with E-state index in [0.29, 0.717) is 19.8 Å². The molecule has 1 saturated heterocycles. The van der Waals surface area contributed by atoms with Crippen molar-refractivity contribution >= 4 is 15.9 Å². The second-order valence-corrected chi connectivity index (χ2v) is 6.26. The van der Waals surface area contributed by atoms with E-state index >= 15 is 0 Å². The molecule has 1 fully saturated rings. The van der Waals surface area contributed by atoms with Crippen molar-refractivity contribution in [3.05, 3.63) is 34.4 Å². The third-order valence-corrected chi connectivity index (χ3v) is 5.07. The summed E-state index contributed by atoms with van der Waals surface area (Å²) in [6.07, 6.45) is 3.33. The molecule has 0 bridgehead atoms. The van der Waals surface area contributed by atoms with Crippen molar-refractivity contribution in [2.75, 3.05) is 19.8 Å². The van der Waals surface area contributed by atoms with Gasteiger partial charge < -0.3 is 9.47 Å². The summed E-state index contributed by atoms with van der Waals surface area (Å²) in [4.78, 5) is 0.221. The van der Waals surface area contributed by atoms with Crippen LogP contribution >= 0.6 is 15.9 Å². The average Bonchev–Trinajstić information content (AvgIpc) is 2.53. The molecule has 1 aromatic carbocycles. The van der Waals surface area contributed by atoms with Gasteiger partial charge in [0.05, 0.1) is 30.8 Å². The highest BCUT2D eigenvalue weighted by atomic mass is 79.9. The number of ether oxygens (including phenoxy) is 2. The van der Waals surface area contributed by atoms with Gasteiger partial charge in [0.25, 0.3) is 0 Å². The fourth-order valence-corrected chi connectivity index (χ4v) is 3.75. The van der Waals surface area contributed by atoms with Crippen LogP contribution in [0.15, 0.2) is 12.1 Å². The maximum atomic E-state index is 5.88. The third kappa shape index (κ3) is 3.44. The molecule has 0 spiro atoms. The van der Waals surface area contributed by atoms with Gasteiger partial charge in [0.15, 0.2) is 0 Å². The SMILES string of the molecule is CCc1cc(CC)c(C(Br)C2COCCO2)c(CC)c1. The van der Waals surface area contributed by atoms with Crippen LogP contribution in [0.2, 0.25) is 0 Å². The molecular weight excluding hydrogens is 316 g/mol. The number of alkyl halides is 1. The summed E-state index contributed by atoms with van der Waals surface area (Å²) in [7, 11) is 0. The summed E-state index contributed by atoms with van der Waals surface area (Å²) in [5.41, 5.74) is 5.74. The highest BCUT2D eigenvalue weighted by molar-refractivity contribution is 9.09. The Bertz CT molecular complexity index is 414. The summed E-state index contributed by atoms with van der Waals surface area (Å²) in [6, 6.07) is 4.71. The van der Waals surface area contributed by atoms with Crippen molar-refractivity contribution in [3.63, 3.8) is 0 Å². The van der Waals surface area contributed by atoms with Crippen molar-refractivity contribution in [2.45, 2.75) is 51.0 Å². The minimum absolute atomic E-state index is 0.117. The number of benzene rings is 1. The molecule has 2 unspecified atom stereocenters. The van der Waals surface area contributed by atoms with Crippen LogP contribution < -0.4 is 0 Å². The quantitative estimate of drug-likeness (QED) is 0.747. The van der Waals surface area contributed by atoms with Crippen LogP contribution in [0.25, 0.3) is 0 Å². The molecule has 1 aromatic rings. The topological polar surface area (TPSA) is 18.5 Å². The predicted molar refractivity (Wildman–Crippen MR) is 86.8 cm³/mol. The first kappa shape index (κ1) is 16.0. The van der Waals surface area contributed by atoms with Crippen LogP contribution in [-0.2, 0) is 28.7 Å². The van der Waals surface area contributed by atoms with Crippen molar-refractivity contribution in [2.24, 2.45) is 0 Å². The smallest absolute Gasteiger partial charge is 0.0975 e. The standard InChI is InChI=1S/C17H25BrO2/c1-4-12-9-13(5-2)16(14(6-3)10-12)17(18)15-11-19-7-8-20-15/h9-10,15,17H,4-8,11H2,1-3H3. The van der Waals surface area contributed by atoms with Gasteiger partial charge in [-0.3, -0.25) is 0 Å². The Morgan fingerprint density at radius 1 is 1.10 bits per heavy atom. The van der Waals surface area contributed by atoms with Gasteiger partial charge in [0, 0.05) is 0 Å². The highest BCUT2D eigenvalue weighted by Crippen LogP contribution is 2.36. The second-order valence-electron chi connectivity index (χ2n) is 5.27.